The fourth-order valence-electron chi connectivity index (χ4n) is 1.91. The summed E-state index contributed by atoms with van der Waals surface area (Å²) in [4.78, 5) is 0. The van der Waals surface area contributed by atoms with Crippen LogP contribution < -0.4 is 11.1 Å². The lowest BCUT2D eigenvalue weighted by Crippen LogP contribution is -2.26. The van der Waals surface area contributed by atoms with E-state index in [2.05, 4.69) is 5.32 Å². The van der Waals surface area contributed by atoms with Crippen molar-refractivity contribution in [3.05, 3.63) is 23.8 Å². The molecule has 1 aromatic carbocycles. The molecule has 0 aromatic heterocycles. The largest absolute Gasteiger partial charge is 0.506 e. The molecule has 0 bridgehead atoms. The van der Waals surface area contributed by atoms with E-state index in [-0.39, 0.29) is 5.75 Å². The zero-order valence-corrected chi connectivity index (χ0v) is 8.16. The molecule has 2 rings (SSSR count). The van der Waals surface area contributed by atoms with Crippen LogP contribution in [0.4, 0.5) is 5.69 Å². The van der Waals surface area contributed by atoms with Gasteiger partial charge < -0.3 is 16.2 Å². The van der Waals surface area contributed by atoms with E-state index in [0.29, 0.717) is 11.7 Å². The monoisotopic (exact) mass is 192 g/mol. The Morgan fingerprint density at radius 1 is 1.36 bits per heavy atom. The minimum absolute atomic E-state index is 0.190. The molecule has 3 heteroatoms. The molecule has 14 heavy (non-hydrogen) atoms. The van der Waals surface area contributed by atoms with Gasteiger partial charge in [0, 0.05) is 6.04 Å². The number of phenolic OH excluding ortho intramolecular Hbond substituents is 1. The summed E-state index contributed by atoms with van der Waals surface area (Å²) in [6, 6.07) is 5.90. The van der Waals surface area contributed by atoms with Crippen LogP contribution in [-0.2, 0) is 0 Å². The molecule has 1 saturated heterocycles. The lowest BCUT2D eigenvalue weighted by atomic mass is 9.97. The standard InChI is InChI=1S/C11H16N2O/c12-9-5-4-8(7-11(9)14)10-3-1-2-6-13-10/h4-5,7,10,13-14H,1-3,6,12H2/t10-/m1/s1. The Hall–Kier alpha value is -1.22. The van der Waals surface area contributed by atoms with Crippen LogP contribution in [0.15, 0.2) is 18.2 Å². The second-order valence-corrected chi connectivity index (χ2v) is 3.82. The number of nitrogens with two attached hydrogens (primary N) is 1. The van der Waals surface area contributed by atoms with Crippen molar-refractivity contribution in [2.75, 3.05) is 12.3 Å². The van der Waals surface area contributed by atoms with Crippen molar-refractivity contribution in [1.82, 2.24) is 5.32 Å². The Morgan fingerprint density at radius 2 is 2.21 bits per heavy atom. The second-order valence-electron chi connectivity index (χ2n) is 3.82. The van der Waals surface area contributed by atoms with Gasteiger partial charge in [0.05, 0.1) is 5.69 Å². The number of nitrogens with one attached hydrogen (secondary N) is 1. The molecule has 0 saturated carbocycles. The highest BCUT2D eigenvalue weighted by molar-refractivity contribution is 5.53. The molecule has 1 aliphatic heterocycles. The van der Waals surface area contributed by atoms with Gasteiger partial charge in [-0.15, -0.1) is 0 Å². The molecule has 0 aliphatic carbocycles. The van der Waals surface area contributed by atoms with Gasteiger partial charge in [-0.25, -0.2) is 0 Å². The van der Waals surface area contributed by atoms with Gasteiger partial charge in [-0.2, -0.15) is 0 Å². The minimum Gasteiger partial charge on any atom is -0.506 e. The minimum atomic E-state index is 0.190. The van der Waals surface area contributed by atoms with Crippen molar-refractivity contribution in [1.29, 1.82) is 0 Å². The molecule has 1 fully saturated rings. The Labute approximate surface area is 83.9 Å². The van der Waals surface area contributed by atoms with Crippen molar-refractivity contribution in [3.63, 3.8) is 0 Å². The van der Waals surface area contributed by atoms with Gasteiger partial charge in [-0.3, -0.25) is 0 Å². The number of rotatable bonds is 1. The van der Waals surface area contributed by atoms with E-state index in [1.807, 2.05) is 6.07 Å². The number of hydrogen-bond acceptors (Lipinski definition) is 3. The van der Waals surface area contributed by atoms with E-state index in [9.17, 15) is 5.11 Å². The van der Waals surface area contributed by atoms with Crippen LogP contribution in [0.2, 0.25) is 0 Å². The fourth-order valence-corrected chi connectivity index (χ4v) is 1.91. The van der Waals surface area contributed by atoms with Crippen LogP contribution in [0, 0.1) is 0 Å². The summed E-state index contributed by atoms with van der Waals surface area (Å²) >= 11 is 0. The van der Waals surface area contributed by atoms with Gasteiger partial charge in [0.15, 0.2) is 0 Å². The summed E-state index contributed by atoms with van der Waals surface area (Å²) in [7, 11) is 0. The van der Waals surface area contributed by atoms with Gasteiger partial charge in [0.1, 0.15) is 5.75 Å². The van der Waals surface area contributed by atoms with E-state index in [4.69, 9.17) is 5.73 Å². The number of nitrogen functional groups attached to an aromatic ring is 1. The first-order valence-electron chi connectivity index (χ1n) is 5.09. The van der Waals surface area contributed by atoms with E-state index in [1.165, 1.54) is 12.8 Å². The van der Waals surface area contributed by atoms with Crippen LogP contribution >= 0.6 is 0 Å². The summed E-state index contributed by atoms with van der Waals surface area (Å²) < 4.78 is 0. The number of anilines is 1. The fraction of sp³-hybridized carbons (Fsp3) is 0.455. The number of benzene rings is 1. The maximum atomic E-state index is 9.48. The number of hydrogen-bond donors (Lipinski definition) is 3. The van der Waals surface area contributed by atoms with Gasteiger partial charge in [-0.1, -0.05) is 12.5 Å². The molecule has 1 heterocycles. The van der Waals surface area contributed by atoms with Gasteiger partial charge >= 0.3 is 0 Å². The number of aromatic hydroxyl groups is 1. The zero-order valence-electron chi connectivity index (χ0n) is 8.16. The first kappa shape index (κ1) is 9.34. The Kier molecular flexibility index (Phi) is 2.59. The molecule has 3 nitrogen and oxygen atoms in total. The maximum absolute atomic E-state index is 9.48. The third-order valence-corrected chi connectivity index (χ3v) is 2.77. The van der Waals surface area contributed by atoms with Crippen molar-refractivity contribution < 1.29 is 5.11 Å². The summed E-state index contributed by atoms with van der Waals surface area (Å²) in [5.74, 6) is 0.190. The normalized spacial score (nSPS) is 22.1. The number of phenols is 1. The predicted molar refractivity (Wildman–Crippen MR) is 57.1 cm³/mol. The third-order valence-electron chi connectivity index (χ3n) is 2.77. The van der Waals surface area contributed by atoms with Crippen molar-refractivity contribution >= 4 is 5.69 Å². The Balaban J connectivity index is 2.18. The van der Waals surface area contributed by atoms with E-state index in [1.54, 1.807) is 12.1 Å². The quantitative estimate of drug-likeness (QED) is 0.469. The molecule has 76 valence electrons. The highest BCUT2D eigenvalue weighted by Crippen LogP contribution is 2.28. The lowest BCUT2D eigenvalue weighted by Gasteiger charge is -2.24. The zero-order chi connectivity index (χ0) is 9.97. The average Bonchev–Trinajstić information content (AvgIpc) is 2.23. The van der Waals surface area contributed by atoms with Crippen molar-refractivity contribution in [3.8, 4) is 5.75 Å². The van der Waals surface area contributed by atoms with Crippen LogP contribution in [0.5, 0.6) is 5.75 Å². The van der Waals surface area contributed by atoms with Crippen molar-refractivity contribution in [2.45, 2.75) is 25.3 Å². The molecular weight excluding hydrogens is 176 g/mol. The third kappa shape index (κ3) is 1.82. The predicted octanol–water partition coefficient (Wildman–Crippen LogP) is 1.79. The summed E-state index contributed by atoms with van der Waals surface area (Å²) in [6.45, 7) is 1.07. The van der Waals surface area contributed by atoms with E-state index in [0.717, 1.165) is 18.5 Å². The second kappa shape index (κ2) is 3.88. The summed E-state index contributed by atoms with van der Waals surface area (Å²) in [6.07, 6.45) is 3.64. The molecule has 1 aliphatic rings. The SMILES string of the molecule is Nc1ccc([C@H]2CCCCN2)cc1O. The van der Waals surface area contributed by atoms with Gasteiger partial charge in [0.25, 0.3) is 0 Å². The first-order valence-corrected chi connectivity index (χ1v) is 5.09. The average molecular weight is 192 g/mol. The molecule has 0 amide bonds. The Morgan fingerprint density at radius 3 is 2.86 bits per heavy atom. The molecule has 0 radical (unpaired) electrons. The Bertz CT molecular complexity index is 319. The molecular formula is C11H16N2O. The summed E-state index contributed by atoms with van der Waals surface area (Å²) in [5, 5.41) is 12.9. The lowest BCUT2D eigenvalue weighted by molar-refractivity contribution is 0.409. The highest BCUT2D eigenvalue weighted by atomic mass is 16.3. The molecule has 0 unspecified atom stereocenters. The van der Waals surface area contributed by atoms with Crippen LogP contribution in [0.25, 0.3) is 0 Å². The number of piperidine rings is 1. The molecule has 1 aromatic rings. The van der Waals surface area contributed by atoms with E-state index < -0.39 is 0 Å². The van der Waals surface area contributed by atoms with Crippen LogP contribution in [0.1, 0.15) is 30.9 Å². The maximum Gasteiger partial charge on any atom is 0.138 e. The van der Waals surface area contributed by atoms with Gasteiger partial charge in [-0.05, 0) is 37.1 Å². The van der Waals surface area contributed by atoms with Gasteiger partial charge in [0.2, 0.25) is 0 Å². The molecule has 0 spiro atoms. The summed E-state index contributed by atoms with van der Waals surface area (Å²) in [5.41, 5.74) is 7.13. The van der Waals surface area contributed by atoms with E-state index >= 15 is 0 Å². The van der Waals surface area contributed by atoms with Crippen molar-refractivity contribution in [2.24, 2.45) is 0 Å². The molecule has 1 atom stereocenters. The first-order chi connectivity index (χ1) is 6.77. The van der Waals surface area contributed by atoms with Crippen LogP contribution in [0.3, 0.4) is 0 Å². The van der Waals surface area contributed by atoms with Crippen LogP contribution in [-0.4, -0.2) is 11.7 Å². The molecule has 4 N–H and O–H groups in total. The highest BCUT2D eigenvalue weighted by Gasteiger charge is 2.15. The topological polar surface area (TPSA) is 58.3 Å². The smallest absolute Gasteiger partial charge is 0.138 e.